The molecule has 0 saturated carbocycles. The van der Waals surface area contributed by atoms with Crippen LogP contribution in [0.25, 0.3) is 0 Å². The number of aliphatic hydroxyl groups is 1. The monoisotopic (exact) mass is 201 g/mol. The van der Waals surface area contributed by atoms with Crippen molar-refractivity contribution in [1.29, 1.82) is 0 Å². The highest BCUT2D eigenvalue weighted by atomic mass is 16.4. The number of carboxylic acids is 1. The van der Waals surface area contributed by atoms with E-state index in [9.17, 15) is 9.90 Å². The molecule has 0 spiro atoms. The van der Waals surface area contributed by atoms with Crippen molar-refractivity contribution in [3.05, 3.63) is 0 Å². The minimum absolute atomic E-state index is 0.227. The summed E-state index contributed by atoms with van der Waals surface area (Å²) in [6.45, 7) is 5.01. The third-order valence-electron chi connectivity index (χ3n) is 3.08. The van der Waals surface area contributed by atoms with Gasteiger partial charge in [0.15, 0.2) is 0 Å². The lowest BCUT2D eigenvalue weighted by Crippen LogP contribution is -2.47. The zero-order valence-corrected chi connectivity index (χ0v) is 8.81. The van der Waals surface area contributed by atoms with Gasteiger partial charge in [0.25, 0.3) is 0 Å². The standard InChI is InChI=1S/C10H19NO3/c1-7(10(13)14)11-5-3-4-9(6-11)8(2)12/h7-9,12H,3-6H2,1-2H3,(H,13,14)/t7-,8-,9-/m0/s1. The number of hydrogen-bond acceptors (Lipinski definition) is 3. The fourth-order valence-electron chi connectivity index (χ4n) is 1.94. The van der Waals surface area contributed by atoms with E-state index < -0.39 is 12.0 Å². The molecule has 1 rings (SSSR count). The molecule has 82 valence electrons. The van der Waals surface area contributed by atoms with Crippen LogP contribution in [0.2, 0.25) is 0 Å². The molecule has 4 nitrogen and oxygen atoms in total. The summed E-state index contributed by atoms with van der Waals surface area (Å²) in [5.74, 6) is -0.554. The van der Waals surface area contributed by atoms with Gasteiger partial charge >= 0.3 is 5.97 Å². The molecule has 1 saturated heterocycles. The molecule has 0 radical (unpaired) electrons. The van der Waals surface area contributed by atoms with E-state index in [1.807, 2.05) is 4.90 Å². The number of likely N-dealkylation sites (tertiary alicyclic amines) is 1. The number of carbonyl (C=O) groups is 1. The van der Waals surface area contributed by atoms with Crippen LogP contribution in [0, 0.1) is 5.92 Å². The fourth-order valence-corrected chi connectivity index (χ4v) is 1.94. The molecule has 0 bridgehead atoms. The van der Waals surface area contributed by atoms with Gasteiger partial charge in [-0.3, -0.25) is 9.69 Å². The maximum Gasteiger partial charge on any atom is 0.320 e. The molecule has 0 amide bonds. The molecular formula is C10H19NO3. The van der Waals surface area contributed by atoms with E-state index in [1.165, 1.54) is 0 Å². The molecular weight excluding hydrogens is 182 g/mol. The van der Waals surface area contributed by atoms with E-state index in [2.05, 4.69) is 0 Å². The highest BCUT2D eigenvalue weighted by Gasteiger charge is 2.28. The summed E-state index contributed by atoms with van der Waals surface area (Å²) in [5, 5.41) is 18.3. The molecule has 1 fully saturated rings. The molecule has 1 aliphatic rings. The van der Waals surface area contributed by atoms with Crippen molar-refractivity contribution in [2.75, 3.05) is 13.1 Å². The van der Waals surface area contributed by atoms with Gasteiger partial charge in [0.05, 0.1) is 6.10 Å². The molecule has 14 heavy (non-hydrogen) atoms. The Kier molecular flexibility index (Phi) is 3.89. The van der Waals surface area contributed by atoms with Gasteiger partial charge in [0, 0.05) is 6.54 Å². The molecule has 3 atom stereocenters. The summed E-state index contributed by atoms with van der Waals surface area (Å²) in [5.41, 5.74) is 0. The van der Waals surface area contributed by atoms with Gasteiger partial charge in [0.1, 0.15) is 6.04 Å². The number of carboxylic acid groups (broad SMARTS) is 1. The van der Waals surface area contributed by atoms with E-state index in [4.69, 9.17) is 5.11 Å². The first-order valence-corrected chi connectivity index (χ1v) is 5.17. The van der Waals surface area contributed by atoms with Crippen LogP contribution in [0.4, 0.5) is 0 Å². The lowest BCUT2D eigenvalue weighted by atomic mass is 9.92. The van der Waals surface area contributed by atoms with Crippen LogP contribution in [0.3, 0.4) is 0 Å². The third kappa shape index (κ3) is 2.69. The Bertz CT molecular complexity index is 206. The number of nitrogens with zero attached hydrogens (tertiary/aromatic N) is 1. The number of aliphatic hydroxyl groups excluding tert-OH is 1. The van der Waals surface area contributed by atoms with Gasteiger partial charge in [0.2, 0.25) is 0 Å². The Balaban J connectivity index is 2.51. The predicted molar refractivity (Wildman–Crippen MR) is 53.1 cm³/mol. The van der Waals surface area contributed by atoms with Crippen LogP contribution in [0.1, 0.15) is 26.7 Å². The van der Waals surface area contributed by atoms with Gasteiger partial charge in [-0.25, -0.2) is 0 Å². The Hall–Kier alpha value is -0.610. The number of aliphatic carboxylic acids is 1. The van der Waals surface area contributed by atoms with Crippen LogP contribution in [-0.4, -0.2) is 46.3 Å². The zero-order valence-electron chi connectivity index (χ0n) is 8.81. The van der Waals surface area contributed by atoms with Gasteiger partial charge in [-0.2, -0.15) is 0 Å². The Morgan fingerprint density at radius 2 is 2.14 bits per heavy atom. The molecule has 0 aromatic heterocycles. The molecule has 0 aromatic rings. The average molecular weight is 201 g/mol. The van der Waals surface area contributed by atoms with Crippen LogP contribution >= 0.6 is 0 Å². The maximum absolute atomic E-state index is 10.8. The third-order valence-corrected chi connectivity index (χ3v) is 3.08. The normalized spacial score (nSPS) is 28.4. The van der Waals surface area contributed by atoms with Crippen LogP contribution in [0.15, 0.2) is 0 Å². The smallest absolute Gasteiger partial charge is 0.320 e. The first kappa shape index (κ1) is 11.5. The number of hydrogen-bond donors (Lipinski definition) is 2. The Morgan fingerprint density at radius 1 is 1.50 bits per heavy atom. The second kappa shape index (κ2) is 4.75. The largest absolute Gasteiger partial charge is 0.480 e. The summed E-state index contributed by atoms with van der Waals surface area (Å²) >= 11 is 0. The van der Waals surface area contributed by atoms with Crippen molar-refractivity contribution >= 4 is 5.97 Å². The van der Waals surface area contributed by atoms with Gasteiger partial charge < -0.3 is 10.2 Å². The number of rotatable bonds is 3. The van der Waals surface area contributed by atoms with Gasteiger partial charge in [-0.15, -0.1) is 0 Å². The summed E-state index contributed by atoms with van der Waals surface area (Å²) in [4.78, 5) is 12.7. The quantitative estimate of drug-likeness (QED) is 0.700. The summed E-state index contributed by atoms with van der Waals surface area (Å²) in [6.07, 6.45) is 1.65. The molecule has 0 aromatic carbocycles. The van der Waals surface area contributed by atoms with Crippen LogP contribution < -0.4 is 0 Å². The van der Waals surface area contributed by atoms with Crippen molar-refractivity contribution in [3.63, 3.8) is 0 Å². The first-order chi connectivity index (χ1) is 6.52. The lowest BCUT2D eigenvalue weighted by molar-refractivity contribution is -0.143. The number of piperidine rings is 1. The van der Waals surface area contributed by atoms with Gasteiger partial charge in [-0.05, 0) is 39.2 Å². The maximum atomic E-state index is 10.8. The first-order valence-electron chi connectivity index (χ1n) is 5.17. The van der Waals surface area contributed by atoms with E-state index in [0.29, 0.717) is 6.54 Å². The SMILES string of the molecule is C[C@H](O)[C@H]1CCCN([C@@H](C)C(=O)O)C1. The molecule has 0 aliphatic carbocycles. The van der Waals surface area contributed by atoms with Crippen molar-refractivity contribution in [2.45, 2.75) is 38.8 Å². The Morgan fingerprint density at radius 3 is 2.64 bits per heavy atom. The molecule has 2 N–H and O–H groups in total. The van der Waals surface area contributed by atoms with Crippen LogP contribution in [-0.2, 0) is 4.79 Å². The van der Waals surface area contributed by atoms with E-state index in [0.717, 1.165) is 19.4 Å². The fraction of sp³-hybridized carbons (Fsp3) is 0.900. The molecule has 1 heterocycles. The molecule has 1 aliphatic heterocycles. The molecule has 0 unspecified atom stereocenters. The van der Waals surface area contributed by atoms with E-state index in [-0.39, 0.29) is 12.0 Å². The van der Waals surface area contributed by atoms with Crippen LogP contribution in [0.5, 0.6) is 0 Å². The van der Waals surface area contributed by atoms with Gasteiger partial charge in [-0.1, -0.05) is 0 Å². The minimum atomic E-state index is -0.781. The topological polar surface area (TPSA) is 60.8 Å². The minimum Gasteiger partial charge on any atom is -0.480 e. The van der Waals surface area contributed by atoms with Crippen molar-refractivity contribution in [1.82, 2.24) is 4.90 Å². The van der Waals surface area contributed by atoms with Crippen molar-refractivity contribution < 1.29 is 15.0 Å². The second-order valence-corrected chi connectivity index (χ2v) is 4.15. The average Bonchev–Trinajstić information content (AvgIpc) is 2.16. The lowest BCUT2D eigenvalue weighted by Gasteiger charge is -2.36. The van der Waals surface area contributed by atoms with Crippen molar-refractivity contribution in [3.8, 4) is 0 Å². The summed E-state index contributed by atoms with van der Waals surface area (Å²) in [6, 6.07) is -0.434. The van der Waals surface area contributed by atoms with E-state index >= 15 is 0 Å². The Labute approximate surface area is 84.5 Å². The molecule has 4 heteroatoms. The highest BCUT2D eigenvalue weighted by molar-refractivity contribution is 5.72. The zero-order chi connectivity index (χ0) is 10.7. The summed E-state index contributed by atoms with van der Waals surface area (Å²) < 4.78 is 0. The van der Waals surface area contributed by atoms with E-state index in [1.54, 1.807) is 13.8 Å². The highest BCUT2D eigenvalue weighted by Crippen LogP contribution is 2.21. The van der Waals surface area contributed by atoms with Crippen molar-refractivity contribution in [2.24, 2.45) is 5.92 Å². The second-order valence-electron chi connectivity index (χ2n) is 4.15. The summed E-state index contributed by atoms with van der Waals surface area (Å²) in [7, 11) is 0. The predicted octanol–water partition coefficient (Wildman–Crippen LogP) is 0.552.